The van der Waals surface area contributed by atoms with Crippen LogP contribution in [0, 0.1) is 10.1 Å². The Morgan fingerprint density at radius 2 is 1.76 bits per heavy atom. The molecule has 1 atom stereocenters. The molecule has 3 heterocycles. The number of fused-ring (bicyclic) bond motifs is 1. The quantitative estimate of drug-likeness (QED) is 0.377. The van der Waals surface area contributed by atoms with Gasteiger partial charge >= 0.3 is 0 Å². The van der Waals surface area contributed by atoms with Crippen LogP contribution in [0.1, 0.15) is 22.2 Å². The third kappa shape index (κ3) is 4.91. The number of piperazine rings is 1. The van der Waals surface area contributed by atoms with Crippen LogP contribution in [-0.2, 0) is 4.79 Å². The standard InChI is InChI=1S/C25H24N4O8/c1-34-17-6-4-16(5-7-17)26-24(30)23(18-13-21-22(37-15-36-21)14-19(18)29(32)33)27-8-10-28(11-9-27)25(31)20-3-2-12-35-20/h2-7,12-14,23H,8-11,15H2,1H3,(H,26,30). The summed E-state index contributed by atoms with van der Waals surface area (Å²) in [6.07, 6.45) is 1.43. The number of methoxy groups -OCH3 is 1. The van der Waals surface area contributed by atoms with Crippen LogP contribution < -0.4 is 19.5 Å². The summed E-state index contributed by atoms with van der Waals surface area (Å²) in [6, 6.07) is 11.7. The summed E-state index contributed by atoms with van der Waals surface area (Å²) in [5, 5.41) is 14.9. The molecule has 37 heavy (non-hydrogen) atoms. The Labute approximate surface area is 211 Å². The molecule has 2 aliphatic rings. The van der Waals surface area contributed by atoms with E-state index in [1.165, 1.54) is 18.4 Å². The first kappa shape index (κ1) is 24.1. The van der Waals surface area contributed by atoms with Crippen LogP contribution in [0.3, 0.4) is 0 Å². The molecule has 1 N–H and O–H groups in total. The predicted octanol–water partition coefficient (Wildman–Crippen LogP) is 3.06. The maximum Gasteiger partial charge on any atom is 0.289 e. The molecule has 0 spiro atoms. The average Bonchev–Trinajstić information content (AvgIpc) is 3.61. The minimum Gasteiger partial charge on any atom is -0.497 e. The molecule has 12 heteroatoms. The van der Waals surface area contributed by atoms with Crippen molar-refractivity contribution in [3.8, 4) is 17.2 Å². The van der Waals surface area contributed by atoms with E-state index in [1.807, 2.05) is 4.90 Å². The predicted molar refractivity (Wildman–Crippen MR) is 130 cm³/mol. The monoisotopic (exact) mass is 508 g/mol. The van der Waals surface area contributed by atoms with Gasteiger partial charge in [0.2, 0.25) is 12.7 Å². The first-order valence-electron chi connectivity index (χ1n) is 11.5. The smallest absolute Gasteiger partial charge is 0.289 e. The Morgan fingerprint density at radius 3 is 2.38 bits per heavy atom. The summed E-state index contributed by atoms with van der Waals surface area (Å²) in [4.78, 5) is 41.3. The number of anilines is 1. The van der Waals surface area contributed by atoms with Crippen molar-refractivity contribution in [2.75, 3.05) is 45.4 Å². The molecule has 0 aliphatic carbocycles. The zero-order valence-corrected chi connectivity index (χ0v) is 19.9. The highest BCUT2D eigenvalue weighted by Crippen LogP contribution is 2.42. The van der Waals surface area contributed by atoms with Crippen molar-refractivity contribution in [1.29, 1.82) is 0 Å². The lowest BCUT2D eigenvalue weighted by Gasteiger charge is -2.38. The fourth-order valence-electron chi connectivity index (χ4n) is 4.45. The number of rotatable bonds is 7. The number of carbonyl (C=O) groups is 2. The van der Waals surface area contributed by atoms with E-state index in [9.17, 15) is 19.7 Å². The van der Waals surface area contributed by atoms with Gasteiger partial charge in [0.25, 0.3) is 11.6 Å². The van der Waals surface area contributed by atoms with Crippen LogP contribution in [-0.4, -0.2) is 66.6 Å². The Hall–Kier alpha value is -4.58. The lowest BCUT2D eigenvalue weighted by Crippen LogP contribution is -2.51. The molecule has 1 saturated heterocycles. The lowest BCUT2D eigenvalue weighted by molar-refractivity contribution is -0.385. The molecule has 2 amide bonds. The number of carbonyl (C=O) groups excluding carboxylic acids is 2. The third-order valence-electron chi connectivity index (χ3n) is 6.32. The maximum atomic E-state index is 13.7. The van der Waals surface area contributed by atoms with Crippen LogP contribution in [0.15, 0.2) is 59.2 Å². The third-order valence-corrected chi connectivity index (χ3v) is 6.32. The van der Waals surface area contributed by atoms with Crippen molar-refractivity contribution in [3.63, 3.8) is 0 Å². The molecule has 3 aromatic rings. The molecular weight excluding hydrogens is 484 g/mol. The van der Waals surface area contributed by atoms with Gasteiger partial charge < -0.3 is 28.8 Å². The average molecular weight is 508 g/mol. The molecular formula is C25H24N4O8. The molecule has 0 bridgehead atoms. The van der Waals surface area contributed by atoms with E-state index in [2.05, 4.69) is 5.32 Å². The summed E-state index contributed by atoms with van der Waals surface area (Å²) in [5.74, 6) is 0.718. The number of nitrogens with one attached hydrogen (secondary N) is 1. The van der Waals surface area contributed by atoms with Gasteiger partial charge in [-0.2, -0.15) is 0 Å². The van der Waals surface area contributed by atoms with Crippen LogP contribution >= 0.6 is 0 Å². The second-order valence-electron chi connectivity index (χ2n) is 8.45. The largest absolute Gasteiger partial charge is 0.497 e. The number of nitro groups is 1. The number of amides is 2. The second-order valence-corrected chi connectivity index (χ2v) is 8.45. The second kappa shape index (κ2) is 10.2. The van der Waals surface area contributed by atoms with Gasteiger partial charge in [-0.05, 0) is 42.5 Å². The van der Waals surface area contributed by atoms with Crippen molar-refractivity contribution in [2.24, 2.45) is 0 Å². The van der Waals surface area contributed by atoms with Gasteiger partial charge in [0.1, 0.15) is 11.8 Å². The molecule has 12 nitrogen and oxygen atoms in total. The SMILES string of the molecule is COc1ccc(NC(=O)C(c2cc3c(cc2[N+](=O)[O-])OCO3)N2CCN(C(=O)c3ccco3)CC2)cc1. The van der Waals surface area contributed by atoms with Crippen molar-refractivity contribution in [2.45, 2.75) is 6.04 Å². The van der Waals surface area contributed by atoms with E-state index in [1.54, 1.807) is 48.4 Å². The Bertz CT molecular complexity index is 1300. The molecule has 0 radical (unpaired) electrons. The van der Waals surface area contributed by atoms with Gasteiger partial charge in [-0.15, -0.1) is 0 Å². The summed E-state index contributed by atoms with van der Waals surface area (Å²) < 4.78 is 21.2. The molecule has 1 unspecified atom stereocenters. The Kier molecular flexibility index (Phi) is 6.64. The van der Waals surface area contributed by atoms with Crippen molar-refractivity contribution in [1.82, 2.24) is 9.80 Å². The Morgan fingerprint density at radius 1 is 1.05 bits per heavy atom. The highest BCUT2D eigenvalue weighted by Gasteiger charge is 2.38. The minimum atomic E-state index is -1.03. The molecule has 0 saturated carbocycles. The van der Waals surface area contributed by atoms with Crippen LogP contribution in [0.2, 0.25) is 0 Å². The van der Waals surface area contributed by atoms with Crippen molar-refractivity contribution >= 4 is 23.2 Å². The first-order chi connectivity index (χ1) is 17.9. The Balaban J connectivity index is 1.44. The topological polar surface area (TPSA) is 137 Å². The summed E-state index contributed by atoms with van der Waals surface area (Å²) in [7, 11) is 1.54. The molecule has 2 aromatic carbocycles. The van der Waals surface area contributed by atoms with Crippen LogP contribution in [0.5, 0.6) is 17.2 Å². The minimum absolute atomic E-state index is 0.0633. The van der Waals surface area contributed by atoms with Gasteiger partial charge in [0.15, 0.2) is 17.3 Å². The van der Waals surface area contributed by atoms with Crippen LogP contribution in [0.25, 0.3) is 0 Å². The molecule has 2 aliphatic heterocycles. The molecule has 192 valence electrons. The number of ether oxygens (including phenoxy) is 3. The van der Waals surface area contributed by atoms with Crippen molar-refractivity contribution in [3.05, 3.63) is 76.2 Å². The number of hydrogen-bond donors (Lipinski definition) is 1. The highest BCUT2D eigenvalue weighted by atomic mass is 16.7. The van der Waals surface area contributed by atoms with Gasteiger partial charge in [-0.3, -0.25) is 24.6 Å². The van der Waals surface area contributed by atoms with E-state index < -0.39 is 16.9 Å². The number of nitrogens with zero attached hydrogens (tertiary/aromatic N) is 3. The summed E-state index contributed by atoms with van der Waals surface area (Å²) in [6.45, 7) is 1.16. The fourth-order valence-corrected chi connectivity index (χ4v) is 4.45. The molecule has 5 rings (SSSR count). The van der Waals surface area contributed by atoms with Gasteiger partial charge in [0, 0.05) is 31.9 Å². The molecule has 1 fully saturated rings. The highest BCUT2D eigenvalue weighted by molar-refractivity contribution is 5.96. The van der Waals surface area contributed by atoms with E-state index in [-0.39, 0.29) is 35.5 Å². The van der Waals surface area contributed by atoms with Gasteiger partial charge in [-0.1, -0.05) is 0 Å². The summed E-state index contributed by atoms with van der Waals surface area (Å²) >= 11 is 0. The zero-order valence-electron chi connectivity index (χ0n) is 19.9. The number of benzene rings is 2. The molecule has 1 aromatic heterocycles. The first-order valence-corrected chi connectivity index (χ1v) is 11.5. The zero-order chi connectivity index (χ0) is 25.9. The maximum absolute atomic E-state index is 13.7. The van der Waals surface area contributed by atoms with E-state index in [4.69, 9.17) is 18.6 Å². The number of nitro benzene ring substituents is 1. The van der Waals surface area contributed by atoms with E-state index >= 15 is 0 Å². The number of furan rings is 1. The van der Waals surface area contributed by atoms with E-state index in [0.29, 0.717) is 43.4 Å². The van der Waals surface area contributed by atoms with E-state index in [0.717, 1.165) is 0 Å². The number of hydrogen-bond acceptors (Lipinski definition) is 9. The fraction of sp³-hybridized carbons (Fsp3) is 0.280. The summed E-state index contributed by atoms with van der Waals surface area (Å²) in [5.41, 5.74) is 0.421. The van der Waals surface area contributed by atoms with Gasteiger partial charge in [0.05, 0.1) is 29.9 Å². The normalized spacial score (nSPS) is 15.8. The van der Waals surface area contributed by atoms with Crippen molar-refractivity contribution < 1.29 is 33.1 Å². The van der Waals surface area contributed by atoms with Gasteiger partial charge in [-0.25, -0.2) is 0 Å². The lowest BCUT2D eigenvalue weighted by atomic mass is 10.00. The van der Waals surface area contributed by atoms with Crippen LogP contribution in [0.4, 0.5) is 11.4 Å².